The molecular formula is C30H35F3N4O2S. The lowest BCUT2D eigenvalue weighted by Gasteiger charge is -2.23. The largest absolute Gasteiger partial charge is 0.453 e. The van der Waals surface area contributed by atoms with Gasteiger partial charge in [-0.05, 0) is 85.7 Å². The van der Waals surface area contributed by atoms with Crippen LogP contribution in [0.2, 0.25) is 0 Å². The van der Waals surface area contributed by atoms with E-state index in [4.69, 9.17) is 14.6 Å². The molecule has 0 amide bonds. The van der Waals surface area contributed by atoms with Gasteiger partial charge >= 0.3 is 6.18 Å². The van der Waals surface area contributed by atoms with E-state index in [2.05, 4.69) is 57.5 Å². The predicted octanol–water partition coefficient (Wildman–Crippen LogP) is 6.83. The van der Waals surface area contributed by atoms with Crippen LogP contribution in [0.1, 0.15) is 47.6 Å². The minimum absolute atomic E-state index is 0.00859. The summed E-state index contributed by atoms with van der Waals surface area (Å²) in [6.45, 7) is 8.09. The molecule has 1 aliphatic heterocycles. The van der Waals surface area contributed by atoms with E-state index in [1.165, 1.54) is 18.3 Å². The van der Waals surface area contributed by atoms with Crippen LogP contribution >= 0.6 is 10.0 Å². The van der Waals surface area contributed by atoms with Crippen LogP contribution in [0.15, 0.2) is 53.7 Å². The molecule has 0 spiro atoms. The number of amidine groups is 1. The number of rotatable bonds is 5. The van der Waals surface area contributed by atoms with E-state index in [0.717, 1.165) is 28.8 Å². The molecule has 1 aliphatic rings. The first-order valence-corrected chi connectivity index (χ1v) is 15.7. The molecule has 2 aromatic carbocycles. The number of aliphatic imine (C=N–C) groups is 1. The zero-order chi connectivity index (χ0) is 29.5. The van der Waals surface area contributed by atoms with Crippen molar-refractivity contribution < 1.29 is 22.7 Å². The number of benzene rings is 2. The summed E-state index contributed by atoms with van der Waals surface area (Å²) in [6, 6.07) is 10.6. The molecular weight excluding hydrogens is 537 g/mol. The molecule has 0 saturated heterocycles. The van der Waals surface area contributed by atoms with Crippen LogP contribution in [0, 0.1) is 25.0 Å². The zero-order valence-corrected chi connectivity index (χ0v) is 24.6. The monoisotopic (exact) mass is 572 g/mol. The Morgan fingerprint density at radius 1 is 1.10 bits per heavy atom. The summed E-state index contributed by atoms with van der Waals surface area (Å²) < 4.78 is 45.2. The van der Waals surface area contributed by atoms with E-state index in [1.54, 1.807) is 6.92 Å². The van der Waals surface area contributed by atoms with Gasteiger partial charge in [-0.15, -0.1) is 0 Å². The topological polar surface area (TPSA) is 68.6 Å². The second-order valence-electron chi connectivity index (χ2n) is 9.71. The summed E-state index contributed by atoms with van der Waals surface area (Å²) in [6.07, 6.45) is 4.02. The number of aryl methyl sites for hydroxylation is 2. The SMILES string of the molecule is CC.Cc1ncc(Oc2cccc(C(F)(F)F)c2)c(C2=NC(Cc3ccc(C#CS(C)(C)C)cc3C)CON2)n1. The number of ether oxygens (including phenoxy) is 1. The third kappa shape index (κ3) is 8.73. The van der Waals surface area contributed by atoms with Crippen molar-refractivity contribution in [1.82, 2.24) is 15.4 Å². The molecule has 1 unspecified atom stereocenters. The lowest BCUT2D eigenvalue weighted by Crippen LogP contribution is -2.37. The van der Waals surface area contributed by atoms with Crippen molar-refractivity contribution in [3.05, 3.63) is 82.4 Å². The number of hydrogen-bond donors (Lipinski definition) is 1. The van der Waals surface area contributed by atoms with Crippen LogP contribution in [0.25, 0.3) is 0 Å². The maximum Gasteiger partial charge on any atom is 0.416 e. The molecule has 0 radical (unpaired) electrons. The average Bonchev–Trinajstić information content (AvgIpc) is 2.90. The molecule has 214 valence electrons. The molecule has 0 saturated carbocycles. The summed E-state index contributed by atoms with van der Waals surface area (Å²) in [5.74, 6) is 4.20. The van der Waals surface area contributed by atoms with Crippen LogP contribution < -0.4 is 10.2 Å². The van der Waals surface area contributed by atoms with Crippen LogP contribution in [0.5, 0.6) is 11.5 Å². The molecule has 2 heterocycles. The number of hydrogen-bond acceptors (Lipinski definition) is 6. The van der Waals surface area contributed by atoms with Gasteiger partial charge in [0, 0.05) is 5.56 Å². The molecule has 10 heteroatoms. The summed E-state index contributed by atoms with van der Waals surface area (Å²) in [5, 5.41) is 3.33. The van der Waals surface area contributed by atoms with E-state index in [0.29, 0.717) is 30.4 Å². The number of hydroxylamine groups is 1. The number of alkyl halides is 3. The van der Waals surface area contributed by atoms with Gasteiger partial charge in [0.1, 0.15) is 11.6 Å². The van der Waals surface area contributed by atoms with Gasteiger partial charge in [0.05, 0.1) is 24.4 Å². The van der Waals surface area contributed by atoms with Crippen LogP contribution in [-0.4, -0.2) is 47.2 Å². The average molecular weight is 573 g/mol. The molecule has 1 atom stereocenters. The number of aromatic nitrogens is 2. The van der Waals surface area contributed by atoms with Gasteiger partial charge in [-0.1, -0.05) is 31.9 Å². The predicted molar refractivity (Wildman–Crippen MR) is 156 cm³/mol. The Morgan fingerprint density at radius 2 is 1.85 bits per heavy atom. The van der Waals surface area contributed by atoms with Crippen molar-refractivity contribution in [3.8, 4) is 22.7 Å². The number of halogens is 3. The summed E-state index contributed by atoms with van der Waals surface area (Å²) in [4.78, 5) is 19.0. The molecule has 1 N–H and O–H groups in total. The van der Waals surface area contributed by atoms with Crippen molar-refractivity contribution in [2.24, 2.45) is 4.99 Å². The molecule has 40 heavy (non-hydrogen) atoms. The third-order valence-electron chi connectivity index (χ3n) is 5.55. The highest BCUT2D eigenvalue weighted by Gasteiger charge is 2.31. The van der Waals surface area contributed by atoms with E-state index < -0.39 is 21.8 Å². The fraction of sp³-hybridized carbons (Fsp3) is 0.367. The van der Waals surface area contributed by atoms with Gasteiger partial charge in [-0.2, -0.15) is 23.2 Å². The molecule has 0 aliphatic carbocycles. The van der Waals surface area contributed by atoms with Gasteiger partial charge < -0.3 is 4.74 Å². The van der Waals surface area contributed by atoms with Crippen LogP contribution in [0.3, 0.4) is 0 Å². The highest BCUT2D eigenvalue weighted by molar-refractivity contribution is 8.35. The van der Waals surface area contributed by atoms with Gasteiger partial charge in [-0.25, -0.2) is 15.4 Å². The molecule has 4 rings (SSSR count). The minimum Gasteiger partial charge on any atom is -0.453 e. The van der Waals surface area contributed by atoms with Crippen LogP contribution in [-0.2, 0) is 17.4 Å². The molecule has 0 fully saturated rings. The third-order valence-corrected chi connectivity index (χ3v) is 6.26. The molecule has 1 aromatic heterocycles. The number of nitrogens with zero attached hydrogens (tertiary/aromatic N) is 3. The molecule has 3 aromatic rings. The molecule has 0 bridgehead atoms. The highest BCUT2D eigenvalue weighted by atomic mass is 32.3. The van der Waals surface area contributed by atoms with Crippen molar-refractivity contribution in [1.29, 1.82) is 0 Å². The van der Waals surface area contributed by atoms with Gasteiger partial charge in [0.2, 0.25) is 0 Å². The maximum absolute atomic E-state index is 13.2. The van der Waals surface area contributed by atoms with E-state index in [9.17, 15) is 13.2 Å². The normalized spacial score (nSPS) is 15.4. The molecule has 6 nitrogen and oxygen atoms in total. The smallest absolute Gasteiger partial charge is 0.416 e. The first kappa shape index (κ1) is 31.0. The van der Waals surface area contributed by atoms with Crippen molar-refractivity contribution in [3.63, 3.8) is 0 Å². The fourth-order valence-electron chi connectivity index (χ4n) is 3.70. The van der Waals surface area contributed by atoms with E-state index in [1.807, 2.05) is 26.8 Å². The summed E-state index contributed by atoms with van der Waals surface area (Å²) >= 11 is 0. The lowest BCUT2D eigenvalue weighted by atomic mass is 9.99. The Kier molecular flexibility index (Phi) is 10.2. The maximum atomic E-state index is 13.2. The fourth-order valence-corrected chi connectivity index (χ4v) is 4.13. The Labute approximate surface area is 235 Å². The Balaban J connectivity index is 0.00000216. The van der Waals surface area contributed by atoms with Crippen molar-refractivity contribution in [2.45, 2.75) is 46.3 Å². The minimum atomic E-state index is -4.49. The Bertz CT molecular complexity index is 1420. The van der Waals surface area contributed by atoms with Gasteiger partial charge in [-0.3, -0.25) is 9.83 Å². The zero-order valence-electron chi connectivity index (χ0n) is 23.8. The summed E-state index contributed by atoms with van der Waals surface area (Å²) in [7, 11) is -0.909. The first-order valence-electron chi connectivity index (χ1n) is 12.8. The Morgan fingerprint density at radius 3 is 2.52 bits per heavy atom. The second kappa shape index (κ2) is 13.2. The lowest BCUT2D eigenvalue weighted by molar-refractivity contribution is -0.137. The van der Waals surface area contributed by atoms with E-state index >= 15 is 0 Å². The first-order chi connectivity index (χ1) is 18.9. The van der Waals surface area contributed by atoms with Crippen molar-refractivity contribution in [2.75, 3.05) is 25.4 Å². The van der Waals surface area contributed by atoms with E-state index in [-0.39, 0.29) is 17.5 Å². The highest BCUT2D eigenvalue weighted by Crippen LogP contribution is 2.34. The summed E-state index contributed by atoms with van der Waals surface area (Å²) in [5.41, 5.74) is 5.48. The quantitative estimate of drug-likeness (QED) is 0.340. The second-order valence-corrected chi connectivity index (χ2v) is 13.6. The van der Waals surface area contributed by atoms with Crippen molar-refractivity contribution >= 4 is 15.9 Å². The van der Waals surface area contributed by atoms with Crippen LogP contribution in [0.4, 0.5) is 13.2 Å². The number of nitrogens with one attached hydrogen (secondary N) is 1. The standard InChI is InChI=1S/C28H29F3N4O2S.C2H6/c1-18-13-20(11-12-38(3,4)5)9-10-21(18)14-23-17-36-35-27(34-23)26-25(16-32-19(2)33-26)37-24-8-6-7-22(15-24)28(29,30)31;1-2/h6-10,13,15-16,23H,14,17H2,1-5H3,(H,34,35);1-2H3. The van der Waals surface area contributed by atoms with Gasteiger partial charge in [0.25, 0.3) is 0 Å². The van der Waals surface area contributed by atoms with Gasteiger partial charge in [0.15, 0.2) is 17.3 Å². The Hall–Kier alpha value is -3.55.